The highest BCUT2D eigenvalue weighted by Gasteiger charge is 2.39. The monoisotopic (exact) mass is 234 g/mol. The first-order valence-corrected chi connectivity index (χ1v) is 7.02. The van der Waals surface area contributed by atoms with Crippen LogP contribution in [0.2, 0.25) is 0 Å². The van der Waals surface area contributed by atoms with Crippen LogP contribution in [-0.4, -0.2) is 36.5 Å². The van der Waals surface area contributed by atoms with E-state index in [0.29, 0.717) is 17.9 Å². The second-order valence-electron chi connectivity index (χ2n) is 5.64. The molecule has 0 bridgehead atoms. The Labute approximate surface area is 103 Å². The average molecular weight is 234 g/mol. The normalized spacial score (nSPS) is 36.9. The van der Waals surface area contributed by atoms with Gasteiger partial charge in [-0.15, -0.1) is 0 Å². The Kier molecular flexibility index (Phi) is 3.19. The van der Waals surface area contributed by atoms with Gasteiger partial charge in [0.2, 0.25) is 5.91 Å². The Hall–Kier alpha value is -0.830. The van der Waals surface area contributed by atoms with E-state index in [2.05, 4.69) is 22.4 Å². The Bertz CT molecular complexity index is 326. The van der Waals surface area contributed by atoms with E-state index >= 15 is 0 Å². The third-order valence-electron chi connectivity index (χ3n) is 4.58. The maximum absolute atomic E-state index is 12.6. The maximum atomic E-state index is 12.6. The molecule has 1 aliphatic carbocycles. The molecule has 3 aliphatic rings. The van der Waals surface area contributed by atoms with Crippen LogP contribution in [-0.2, 0) is 4.79 Å². The summed E-state index contributed by atoms with van der Waals surface area (Å²) in [6.07, 6.45) is 9.97. The molecule has 0 radical (unpaired) electrons. The molecule has 0 aromatic rings. The zero-order chi connectivity index (χ0) is 11.7. The molecule has 2 saturated heterocycles. The molecule has 1 N–H and O–H groups in total. The summed E-state index contributed by atoms with van der Waals surface area (Å²) in [7, 11) is 0. The van der Waals surface area contributed by atoms with E-state index in [1.165, 1.54) is 12.8 Å². The minimum atomic E-state index is 0.263. The molecular weight excluding hydrogens is 212 g/mol. The number of nitrogens with zero attached hydrogens (tertiary/aromatic N) is 1. The first kappa shape index (κ1) is 11.3. The van der Waals surface area contributed by atoms with Crippen LogP contribution in [0.25, 0.3) is 0 Å². The summed E-state index contributed by atoms with van der Waals surface area (Å²) < 4.78 is 0. The molecule has 0 spiro atoms. The fourth-order valence-corrected chi connectivity index (χ4v) is 3.59. The first-order valence-electron chi connectivity index (χ1n) is 7.02. The van der Waals surface area contributed by atoms with Gasteiger partial charge in [0.05, 0.1) is 0 Å². The number of hydrogen-bond acceptors (Lipinski definition) is 2. The van der Waals surface area contributed by atoms with Crippen molar-refractivity contribution in [1.82, 2.24) is 10.2 Å². The quantitative estimate of drug-likeness (QED) is 0.698. The lowest BCUT2D eigenvalue weighted by Crippen LogP contribution is -2.50. The second kappa shape index (κ2) is 4.81. The van der Waals surface area contributed by atoms with Gasteiger partial charge in [-0.3, -0.25) is 4.79 Å². The Morgan fingerprint density at radius 3 is 3.00 bits per heavy atom. The van der Waals surface area contributed by atoms with Crippen molar-refractivity contribution in [2.45, 2.75) is 38.1 Å². The van der Waals surface area contributed by atoms with E-state index in [-0.39, 0.29) is 5.92 Å². The molecule has 1 amide bonds. The minimum Gasteiger partial charge on any atom is -0.338 e. The van der Waals surface area contributed by atoms with E-state index in [0.717, 1.165) is 38.9 Å². The third kappa shape index (κ3) is 2.13. The summed E-state index contributed by atoms with van der Waals surface area (Å²) in [5.41, 5.74) is 0. The summed E-state index contributed by atoms with van der Waals surface area (Å²) in [5, 5.41) is 3.44. The topological polar surface area (TPSA) is 32.3 Å². The van der Waals surface area contributed by atoms with Gasteiger partial charge >= 0.3 is 0 Å². The van der Waals surface area contributed by atoms with Gasteiger partial charge in [0.25, 0.3) is 0 Å². The highest BCUT2D eigenvalue weighted by Crippen LogP contribution is 2.30. The van der Waals surface area contributed by atoms with Crippen molar-refractivity contribution in [3.63, 3.8) is 0 Å². The molecule has 3 nitrogen and oxygen atoms in total. The Balaban J connectivity index is 1.69. The van der Waals surface area contributed by atoms with Crippen LogP contribution in [0.1, 0.15) is 32.1 Å². The van der Waals surface area contributed by atoms with Crippen molar-refractivity contribution in [2.24, 2.45) is 11.8 Å². The van der Waals surface area contributed by atoms with Gasteiger partial charge in [0.15, 0.2) is 0 Å². The van der Waals surface area contributed by atoms with Gasteiger partial charge in [-0.25, -0.2) is 0 Å². The van der Waals surface area contributed by atoms with Gasteiger partial charge in [0.1, 0.15) is 0 Å². The average Bonchev–Trinajstić information content (AvgIpc) is 2.87. The Morgan fingerprint density at radius 2 is 2.18 bits per heavy atom. The summed E-state index contributed by atoms with van der Waals surface area (Å²) in [6, 6.07) is 0.488. The number of hydrogen-bond donors (Lipinski definition) is 1. The standard InChI is InChI=1S/C14H22N2O/c17-14(11-5-2-1-3-6-11)16-8-4-7-12-9-15-10-13(12)16/h1-2,11-13,15H,3-10H2. The van der Waals surface area contributed by atoms with Crippen LogP contribution in [0.4, 0.5) is 0 Å². The van der Waals surface area contributed by atoms with E-state index in [9.17, 15) is 4.79 Å². The second-order valence-corrected chi connectivity index (χ2v) is 5.64. The van der Waals surface area contributed by atoms with E-state index in [4.69, 9.17) is 0 Å². The molecule has 3 atom stereocenters. The highest BCUT2D eigenvalue weighted by atomic mass is 16.2. The van der Waals surface area contributed by atoms with E-state index in [1.54, 1.807) is 0 Å². The lowest BCUT2D eigenvalue weighted by atomic mass is 9.88. The molecule has 2 aliphatic heterocycles. The van der Waals surface area contributed by atoms with Crippen LogP contribution >= 0.6 is 0 Å². The van der Waals surface area contributed by atoms with Crippen molar-refractivity contribution in [1.29, 1.82) is 0 Å². The van der Waals surface area contributed by atoms with Crippen molar-refractivity contribution in [3.8, 4) is 0 Å². The summed E-state index contributed by atoms with van der Waals surface area (Å²) >= 11 is 0. The number of nitrogens with one attached hydrogen (secondary N) is 1. The van der Waals surface area contributed by atoms with Crippen molar-refractivity contribution < 1.29 is 4.79 Å². The minimum absolute atomic E-state index is 0.263. The molecule has 0 aromatic carbocycles. The van der Waals surface area contributed by atoms with Gasteiger partial charge < -0.3 is 10.2 Å². The molecule has 3 rings (SSSR count). The van der Waals surface area contributed by atoms with Crippen LogP contribution in [0.15, 0.2) is 12.2 Å². The largest absolute Gasteiger partial charge is 0.338 e. The zero-order valence-electron chi connectivity index (χ0n) is 10.4. The molecule has 0 saturated carbocycles. The van der Waals surface area contributed by atoms with Crippen LogP contribution in [0.3, 0.4) is 0 Å². The molecule has 17 heavy (non-hydrogen) atoms. The van der Waals surface area contributed by atoms with Gasteiger partial charge in [-0.1, -0.05) is 12.2 Å². The number of amides is 1. The maximum Gasteiger partial charge on any atom is 0.226 e. The molecule has 0 aromatic heterocycles. The van der Waals surface area contributed by atoms with Gasteiger partial charge in [-0.2, -0.15) is 0 Å². The number of likely N-dealkylation sites (tertiary alicyclic amines) is 1. The van der Waals surface area contributed by atoms with Gasteiger partial charge in [0, 0.05) is 31.6 Å². The predicted octanol–water partition coefficient (Wildman–Crippen LogP) is 1.55. The molecule has 2 fully saturated rings. The van der Waals surface area contributed by atoms with Crippen LogP contribution in [0.5, 0.6) is 0 Å². The smallest absolute Gasteiger partial charge is 0.226 e. The van der Waals surface area contributed by atoms with Crippen LogP contribution in [0, 0.1) is 11.8 Å². The van der Waals surface area contributed by atoms with E-state index < -0.39 is 0 Å². The summed E-state index contributed by atoms with van der Waals surface area (Å²) in [6.45, 7) is 3.11. The number of rotatable bonds is 1. The molecule has 3 heteroatoms. The zero-order valence-corrected chi connectivity index (χ0v) is 10.4. The lowest BCUT2D eigenvalue weighted by molar-refractivity contribution is -0.140. The first-order chi connectivity index (χ1) is 8.36. The summed E-state index contributed by atoms with van der Waals surface area (Å²) in [5.74, 6) is 1.40. The highest BCUT2D eigenvalue weighted by molar-refractivity contribution is 5.79. The molecular formula is C14H22N2O. The number of piperidine rings is 1. The number of allylic oxidation sites excluding steroid dienone is 2. The Morgan fingerprint density at radius 1 is 1.24 bits per heavy atom. The van der Waals surface area contributed by atoms with Gasteiger partial charge in [-0.05, 0) is 38.0 Å². The molecule has 2 heterocycles. The fourth-order valence-electron chi connectivity index (χ4n) is 3.59. The molecule has 3 unspecified atom stereocenters. The van der Waals surface area contributed by atoms with Crippen LogP contribution < -0.4 is 5.32 Å². The molecule has 94 valence electrons. The summed E-state index contributed by atoms with van der Waals surface area (Å²) in [4.78, 5) is 14.8. The number of fused-ring (bicyclic) bond motifs is 1. The van der Waals surface area contributed by atoms with Crippen molar-refractivity contribution in [3.05, 3.63) is 12.2 Å². The third-order valence-corrected chi connectivity index (χ3v) is 4.58. The number of carbonyl (C=O) groups is 1. The SMILES string of the molecule is O=C(C1CC=CCC1)N1CCCC2CNCC21. The van der Waals surface area contributed by atoms with E-state index in [1.807, 2.05) is 0 Å². The fraction of sp³-hybridized carbons (Fsp3) is 0.786. The van der Waals surface area contributed by atoms with Crippen molar-refractivity contribution >= 4 is 5.91 Å². The lowest BCUT2D eigenvalue weighted by Gasteiger charge is -2.39. The predicted molar refractivity (Wildman–Crippen MR) is 67.6 cm³/mol. The van der Waals surface area contributed by atoms with Crippen molar-refractivity contribution in [2.75, 3.05) is 19.6 Å². The number of carbonyl (C=O) groups excluding carboxylic acids is 1.